The molecule has 0 saturated carbocycles. The van der Waals surface area contributed by atoms with Crippen LogP contribution >= 0.6 is 15.9 Å². The van der Waals surface area contributed by atoms with E-state index in [0.717, 1.165) is 10.0 Å². The quantitative estimate of drug-likeness (QED) is 0.546. The maximum atomic E-state index is 10.7. The molecule has 2 aromatic carbocycles. The molecule has 0 fully saturated rings. The van der Waals surface area contributed by atoms with Crippen LogP contribution in [0.25, 0.3) is 22.6 Å². The van der Waals surface area contributed by atoms with Gasteiger partial charge in [0.15, 0.2) is 5.76 Å². The van der Waals surface area contributed by atoms with E-state index in [-0.39, 0.29) is 12.3 Å². The lowest BCUT2D eigenvalue weighted by molar-refractivity contribution is -0.384. The maximum Gasteiger partial charge on any atom is 0.269 e. The van der Waals surface area contributed by atoms with E-state index in [2.05, 4.69) is 21.1 Å². The van der Waals surface area contributed by atoms with Gasteiger partial charge in [-0.15, -0.1) is 0 Å². The van der Waals surface area contributed by atoms with Crippen LogP contribution < -0.4 is 0 Å². The molecule has 0 bridgehead atoms. The Morgan fingerprint density at radius 2 is 1.70 bits per heavy atom. The minimum absolute atomic E-state index is 0.00377. The molecule has 0 unspecified atom stereocenters. The van der Waals surface area contributed by atoms with Crippen LogP contribution in [0.1, 0.15) is 5.56 Å². The summed E-state index contributed by atoms with van der Waals surface area (Å²) in [4.78, 5) is 10.3. The number of hydrogen-bond donors (Lipinski definition) is 1. The number of benzene rings is 2. The van der Waals surface area contributed by atoms with Gasteiger partial charge in [-0.3, -0.25) is 10.1 Å². The van der Waals surface area contributed by atoms with Crippen molar-refractivity contribution in [3.8, 4) is 22.6 Å². The molecule has 1 heterocycles. The predicted octanol–water partition coefficient (Wildman–Crippen LogP) is 4.17. The zero-order chi connectivity index (χ0) is 16.4. The summed E-state index contributed by atoms with van der Waals surface area (Å²) in [6, 6.07) is 13.4. The summed E-state index contributed by atoms with van der Waals surface area (Å²) >= 11 is 3.36. The summed E-state index contributed by atoms with van der Waals surface area (Å²) in [6.07, 6.45) is 0. The first-order valence-electron chi connectivity index (χ1n) is 6.70. The van der Waals surface area contributed by atoms with Gasteiger partial charge in [-0.25, -0.2) is 0 Å². The van der Waals surface area contributed by atoms with Crippen LogP contribution in [0.2, 0.25) is 0 Å². The van der Waals surface area contributed by atoms with Crippen molar-refractivity contribution >= 4 is 21.6 Å². The van der Waals surface area contributed by atoms with E-state index in [9.17, 15) is 15.2 Å². The Kier molecular flexibility index (Phi) is 4.22. The maximum absolute atomic E-state index is 10.7. The number of rotatable bonds is 4. The lowest BCUT2D eigenvalue weighted by Crippen LogP contribution is -1.90. The lowest BCUT2D eigenvalue weighted by Gasteiger charge is -2.02. The smallest absolute Gasteiger partial charge is 0.269 e. The number of non-ortho nitro benzene ring substituents is 1. The molecule has 0 atom stereocenters. The predicted molar refractivity (Wildman–Crippen MR) is 87.7 cm³/mol. The Balaban J connectivity index is 2.04. The van der Waals surface area contributed by atoms with Crippen molar-refractivity contribution in [1.82, 2.24) is 5.16 Å². The molecule has 3 rings (SSSR count). The number of nitrogens with zero attached hydrogens (tertiary/aromatic N) is 2. The van der Waals surface area contributed by atoms with Crippen LogP contribution in [0.5, 0.6) is 0 Å². The van der Waals surface area contributed by atoms with Crippen molar-refractivity contribution in [2.45, 2.75) is 6.61 Å². The molecule has 1 N–H and O–H groups in total. The van der Waals surface area contributed by atoms with Crippen molar-refractivity contribution in [2.75, 3.05) is 0 Å². The van der Waals surface area contributed by atoms with E-state index < -0.39 is 4.92 Å². The van der Waals surface area contributed by atoms with Crippen molar-refractivity contribution in [3.63, 3.8) is 0 Å². The van der Waals surface area contributed by atoms with Gasteiger partial charge in [-0.2, -0.15) is 0 Å². The first kappa shape index (κ1) is 15.4. The van der Waals surface area contributed by atoms with E-state index in [0.29, 0.717) is 22.6 Å². The average molecular weight is 375 g/mol. The summed E-state index contributed by atoms with van der Waals surface area (Å²) < 4.78 is 6.32. The fraction of sp³-hybridized carbons (Fsp3) is 0.0625. The van der Waals surface area contributed by atoms with Crippen LogP contribution in [0.15, 0.2) is 57.5 Å². The highest BCUT2D eigenvalue weighted by Gasteiger charge is 2.19. The normalized spacial score (nSPS) is 10.7. The van der Waals surface area contributed by atoms with Gasteiger partial charge in [0.1, 0.15) is 5.69 Å². The Labute approximate surface area is 139 Å². The lowest BCUT2D eigenvalue weighted by atomic mass is 10.0. The van der Waals surface area contributed by atoms with E-state index >= 15 is 0 Å². The van der Waals surface area contributed by atoms with Crippen LogP contribution in [0, 0.1) is 10.1 Å². The summed E-state index contributed by atoms with van der Waals surface area (Å²) in [7, 11) is 0. The molecular formula is C16H11BrN2O4. The number of halogens is 1. The second-order valence-electron chi connectivity index (χ2n) is 4.81. The number of nitro benzene ring substituents is 1. The number of aliphatic hydroxyl groups is 1. The van der Waals surface area contributed by atoms with E-state index in [1.807, 2.05) is 24.3 Å². The molecule has 3 aromatic rings. The molecular weight excluding hydrogens is 364 g/mol. The molecule has 116 valence electrons. The molecule has 0 aliphatic carbocycles. The molecule has 0 aliphatic rings. The molecule has 7 heteroatoms. The van der Waals surface area contributed by atoms with E-state index in [1.54, 1.807) is 12.1 Å². The van der Waals surface area contributed by atoms with Crippen molar-refractivity contribution in [1.29, 1.82) is 0 Å². The van der Waals surface area contributed by atoms with Gasteiger partial charge in [-0.1, -0.05) is 33.2 Å². The standard InChI is InChI=1S/C16H11BrN2O4/c17-12-5-1-11(2-6-12)16-14(9-20)15(18-23-16)10-3-7-13(8-4-10)19(21)22/h1-8,20H,9H2. The first-order valence-corrected chi connectivity index (χ1v) is 7.49. The summed E-state index contributed by atoms with van der Waals surface area (Å²) in [6.45, 7) is -0.249. The minimum Gasteiger partial charge on any atom is -0.391 e. The molecule has 0 spiro atoms. The zero-order valence-electron chi connectivity index (χ0n) is 11.8. The zero-order valence-corrected chi connectivity index (χ0v) is 13.4. The van der Waals surface area contributed by atoms with Gasteiger partial charge in [0.2, 0.25) is 0 Å². The molecule has 1 aromatic heterocycles. The summed E-state index contributed by atoms with van der Waals surface area (Å²) in [5.74, 6) is 0.480. The Hall–Kier alpha value is -2.51. The third kappa shape index (κ3) is 3.01. The van der Waals surface area contributed by atoms with Gasteiger partial charge < -0.3 is 9.63 Å². The highest BCUT2D eigenvalue weighted by molar-refractivity contribution is 9.10. The van der Waals surface area contributed by atoms with Crippen LogP contribution in [-0.2, 0) is 6.61 Å². The van der Waals surface area contributed by atoms with Crippen molar-refractivity contribution < 1.29 is 14.6 Å². The SMILES string of the molecule is O=[N+]([O-])c1ccc(-c2noc(-c3ccc(Br)cc3)c2CO)cc1. The molecule has 0 saturated heterocycles. The molecule has 6 nitrogen and oxygen atoms in total. The number of hydrogen-bond acceptors (Lipinski definition) is 5. The third-order valence-electron chi connectivity index (χ3n) is 3.40. The minimum atomic E-state index is -0.465. The molecule has 23 heavy (non-hydrogen) atoms. The highest BCUT2D eigenvalue weighted by atomic mass is 79.9. The topological polar surface area (TPSA) is 89.4 Å². The van der Waals surface area contributed by atoms with Gasteiger partial charge in [-0.05, 0) is 24.3 Å². The van der Waals surface area contributed by atoms with E-state index in [4.69, 9.17) is 4.52 Å². The summed E-state index contributed by atoms with van der Waals surface area (Å²) in [5.41, 5.74) is 2.45. The second kappa shape index (κ2) is 6.31. The van der Waals surface area contributed by atoms with Crippen LogP contribution in [0.3, 0.4) is 0 Å². The largest absolute Gasteiger partial charge is 0.391 e. The average Bonchev–Trinajstić information content (AvgIpc) is 2.99. The van der Waals surface area contributed by atoms with Crippen molar-refractivity contribution in [3.05, 3.63) is 68.7 Å². The van der Waals surface area contributed by atoms with Crippen LogP contribution in [0.4, 0.5) is 5.69 Å². The van der Waals surface area contributed by atoms with Gasteiger partial charge in [0, 0.05) is 27.7 Å². The summed E-state index contributed by atoms with van der Waals surface area (Å²) in [5, 5.41) is 24.4. The van der Waals surface area contributed by atoms with Gasteiger partial charge >= 0.3 is 0 Å². The van der Waals surface area contributed by atoms with E-state index in [1.165, 1.54) is 12.1 Å². The monoisotopic (exact) mass is 374 g/mol. The molecule has 0 amide bonds. The highest BCUT2D eigenvalue weighted by Crippen LogP contribution is 2.33. The first-order chi connectivity index (χ1) is 11.1. The number of nitro groups is 1. The fourth-order valence-corrected chi connectivity index (χ4v) is 2.52. The number of aliphatic hydroxyl groups excluding tert-OH is 1. The van der Waals surface area contributed by atoms with Gasteiger partial charge in [0.05, 0.1) is 17.1 Å². The second-order valence-corrected chi connectivity index (χ2v) is 5.72. The molecule has 0 radical (unpaired) electrons. The molecule has 0 aliphatic heterocycles. The van der Waals surface area contributed by atoms with Gasteiger partial charge in [0.25, 0.3) is 5.69 Å². The Bertz CT molecular complexity index is 842. The van der Waals surface area contributed by atoms with Crippen molar-refractivity contribution in [2.24, 2.45) is 0 Å². The number of aromatic nitrogens is 1. The fourth-order valence-electron chi connectivity index (χ4n) is 2.25. The Morgan fingerprint density at radius 3 is 2.26 bits per heavy atom. The Morgan fingerprint density at radius 1 is 1.09 bits per heavy atom. The van der Waals surface area contributed by atoms with Crippen LogP contribution in [-0.4, -0.2) is 15.2 Å². The third-order valence-corrected chi connectivity index (χ3v) is 3.93.